The minimum Gasteiger partial charge on any atom is -0.494 e. The van der Waals surface area contributed by atoms with Crippen LogP contribution in [0.1, 0.15) is 31.6 Å². The molecule has 0 atom stereocenters. The smallest absolute Gasteiger partial charge is 0.262 e. The third-order valence-electron chi connectivity index (χ3n) is 3.52. The van der Waals surface area contributed by atoms with Gasteiger partial charge in [-0.3, -0.25) is 4.79 Å². The van der Waals surface area contributed by atoms with E-state index in [0.717, 1.165) is 17.7 Å². The maximum atomic E-state index is 12.1. The van der Waals surface area contributed by atoms with Crippen LogP contribution >= 0.6 is 0 Å². The molecule has 0 saturated carbocycles. The van der Waals surface area contributed by atoms with Crippen LogP contribution in [0.15, 0.2) is 52.7 Å². The Morgan fingerprint density at radius 3 is 2.68 bits per heavy atom. The van der Waals surface area contributed by atoms with Crippen LogP contribution in [0.4, 0.5) is 0 Å². The van der Waals surface area contributed by atoms with E-state index < -0.39 is 5.91 Å². The summed E-state index contributed by atoms with van der Waals surface area (Å²) in [4.78, 5) is 12.1. The summed E-state index contributed by atoms with van der Waals surface area (Å²) in [7, 11) is 0. The highest BCUT2D eigenvalue weighted by molar-refractivity contribution is 6.01. The lowest BCUT2D eigenvalue weighted by molar-refractivity contribution is -0.117. The number of nitriles is 1. The lowest BCUT2D eigenvalue weighted by Gasteiger charge is -2.08. The molecule has 5 heteroatoms. The number of carbonyl (C=O) groups excluding carboxylic acids is 1. The van der Waals surface area contributed by atoms with E-state index in [1.807, 2.05) is 30.3 Å². The molecule has 1 aromatic carbocycles. The molecule has 1 aromatic heterocycles. The lowest BCUT2D eigenvalue weighted by Crippen LogP contribution is -2.23. The fourth-order valence-electron chi connectivity index (χ4n) is 2.06. The van der Waals surface area contributed by atoms with Gasteiger partial charge in [-0.15, -0.1) is 0 Å². The van der Waals surface area contributed by atoms with Crippen LogP contribution in [0.2, 0.25) is 0 Å². The summed E-state index contributed by atoms with van der Waals surface area (Å²) in [6.45, 7) is 5.22. The average molecular weight is 338 g/mol. The molecule has 25 heavy (non-hydrogen) atoms. The van der Waals surface area contributed by atoms with Crippen LogP contribution < -0.4 is 10.1 Å². The molecule has 130 valence electrons. The topological polar surface area (TPSA) is 75.3 Å². The van der Waals surface area contributed by atoms with E-state index in [4.69, 9.17) is 9.15 Å². The second-order valence-electron chi connectivity index (χ2n) is 6.03. The predicted molar refractivity (Wildman–Crippen MR) is 95.5 cm³/mol. The zero-order valence-corrected chi connectivity index (χ0v) is 14.5. The van der Waals surface area contributed by atoms with Crippen LogP contribution in [0.3, 0.4) is 0 Å². The number of ether oxygens (including phenoxy) is 1. The van der Waals surface area contributed by atoms with Crippen molar-refractivity contribution in [2.75, 3.05) is 6.61 Å². The van der Waals surface area contributed by atoms with Gasteiger partial charge in [0.25, 0.3) is 5.91 Å². The summed E-state index contributed by atoms with van der Waals surface area (Å²) >= 11 is 0. The molecule has 0 aliphatic carbocycles. The highest BCUT2D eigenvalue weighted by Crippen LogP contribution is 2.15. The molecule has 1 heterocycles. The van der Waals surface area contributed by atoms with Crippen molar-refractivity contribution >= 4 is 12.0 Å². The fraction of sp³-hybridized carbons (Fsp3) is 0.300. The van der Waals surface area contributed by atoms with Crippen LogP contribution in [0, 0.1) is 17.2 Å². The number of rotatable bonds is 8. The van der Waals surface area contributed by atoms with Crippen molar-refractivity contribution < 1.29 is 13.9 Å². The number of hydrogen-bond acceptors (Lipinski definition) is 4. The molecule has 0 saturated heterocycles. The number of carbonyl (C=O) groups is 1. The van der Waals surface area contributed by atoms with Gasteiger partial charge in [-0.2, -0.15) is 5.26 Å². The molecule has 0 bridgehead atoms. The molecule has 1 N–H and O–H groups in total. The molecule has 2 aromatic rings. The van der Waals surface area contributed by atoms with Gasteiger partial charge in [0.05, 0.1) is 19.4 Å². The average Bonchev–Trinajstić information content (AvgIpc) is 3.12. The molecule has 0 unspecified atom stereocenters. The Balaban J connectivity index is 1.94. The highest BCUT2D eigenvalue weighted by atomic mass is 16.5. The third-order valence-corrected chi connectivity index (χ3v) is 3.52. The summed E-state index contributed by atoms with van der Waals surface area (Å²) in [6.07, 6.45) is 4.08. The van der Waals surface area contributed by atoms with Gasteiger partial charge < -0.3 is 14.5 Å². The number of amides is 1. The Morgan fingerprint density at radius 2 is 2.08 bits per heavy atom. The number of furan rings is 1. The van der Waals surface area contributed by atoms with E-state index >= 15 is 0 Å². The van der Waals surface area contributed by atoms with Gasteiger partial charge in [0.1, 0.15) is 23.2 Å². The normalized spacial score (nSPS) is 11.2. The van der Waals surface area contributed by atoms with Crippen molar-refractivity contribution in [1.29, 1.82) is 5.26 Å². The van der Waals surface area contributed by atoms with E-state index in [1.54, 1.807) is 18.2 Å². The molecule has 0 fully saturated rings. The Labute approximate surface area is 147 Å². The maximum Gasteiger partial charge on any atom is 0.262 e. The van der Waals surface area contributed by atoms with Gasteiger partial charge in [-0.05, 0) is 48.2 Å². The first-order chi connectivity index (χ1) is 12.1. The van der Waals surface area contributed by atoms with Crippen molar-refractivity contribution in [2.45, 2.75) is 26.8 Å². The number of benzene rings is 1. The molecule has 0 spiro atoms. The maximum absolute atomic E-state index is 12.1. The number of nitrogens with zero attached hydrogens (tertiary/aromatic N) is 1. The Morgan fingerprint density at radius 1 is 1.32 bits per heavy atom. The molecule has 0 aliphatic rings. The van der Waals surface area contributed by atoms with Crippen LogP contribution in [-0.2, 0) is 11.3 Å². The van der Waals surface area contributed by atoms with Crippen molar-refractivity contribution in [2.24, 2.45) is 5.92 Å². The van der Waals surface area contributed by atoms with E-state index in [-0.39, 0.29) is 12.1 Å². The minimum atomic E-state index is -0.434. The monoisotopic (exact) mass is 338 g/mol. The summed E-state index contributed by atoms with van der Waals surface area (Å²) in [5.41, 5.74) is 0.806. The molecule has 0 aliphatic heterocycles. The Hall–Kier alpha value is -3.00. The first-order valence-electron chi connectivity index (χ1n) is 8.23. The summed E-state index contributed by atoms with van der Waals surface area (Å²) in [5.74, 6) is 1.57. The van der Waals surface area contributed by atoms with Gasteiger partial charge in [-0.1, -0.05) is 26.0 Å². The number of hydrogen-bond donors (Lipinski definition) is 1. The minimum absolute atomic E-state index is 0.0417. The molecule has 5 nitrogen and oxygen atoms in total. The second-order valence-corrected chi connectivity index (χ2v) is 6.03. The van der Waals surface area contributed by atoms with Gasteiger partial charge in [0.2, 0.25) is 0 Å². The van der Waals surface area contributed by atoms with Crippen molar-refractivity contribution in [3.8, 4) is 11.8 Å². The Kier molecular flexibility index (Phi) is 6.85. The van der Waals surface area contributed by atoms with Gasteiger partial charge in [-0.25, -0.2) is 0 Å². The van der Waals surface area contributed by atoms with Crippen LogP contribution in [0.25, 0.3) is 6.08 Å². The molecule has 0 radical (unpaired) electrons. The predicted octanol–water partition coefficient (Wildman–Crippen LogP) is 3.93. The first-order valence-corrected chi connectivity index (χ1v) is 8.23. The Bertz CT molecular complexity index is 738. The van der Waals surface area contributed by atoms with E-state index in [9.17, 15) is 10.1 Å². The summed E-state index contributed by atoms with van der Waals surface area (Å²) in [6, 6.07) is 12.7. The summed E-state index contributed by atoms with van der Waals surface area (Å²) < 4.78 is 10.8. The molecular weight excluding hydrogens is 316 g/mol. The SMILES string of the molecule is CC(C)CCOc1ccc(/C=C(\C#N)C(=O)NCc2ccco2)cc1. The fourth-order valence-corrected chi connectivity index (χ4v) is 2.06. The van der Waals surface area contributed by atoms with Crippen LogP contribution in [0.5, 0.6) is 5.75 Å². The van der Waals surface area contributed by atoms with Gasteiger partial charge in [0, 0.05) is 0 Å². The van der Waals surface area contributed by atoms with E-state index in [1.165, 1.54) is 6.26 Å². The lowest BCUT2D eigenvalue weighted by atomic mass is 10.1. The van der Waals surface area contributed by atoms with Gasteiger partial charge >= 0.3 is 0 Å². The standard InChI is InChI=1S/C20H22N2O3/c1-15(2)9-11-25-18-7-5-16(6-8-18)12-17(13-21)20(23)22-14-19-4-3-10-24-19/h3-8,10,12,15H,9,11,14H2,1-2H3,(H,22,23)/b17-12+. The zero-order chi connectivity index (χ0) is 18.1. The van der Waals surface area contributed by atoms with E-state index in [0.29, 0.717) is 18.3 Å². The quantitative estimate of drug-likeness (QED) is 0.584. The van der Waals surface area contributed by atoms with Gasteiger partial charge in [0.15, 0.2) is 0 Å². The molecular formula is C20H22N2O3. The molecule has 1 amide bonds. The van der Waals surface area contributed by atoms with Crippen molar-refractivity contribution in [1.82, 2.24) is 5.32 Å². The van der Waals surface area contributed by atoms with E-state index in [2.05, 4.69) is 19.2 Å². The number of nitrogens with one attached hydrogen (secondary N) is 1. The largest absolute Gasteiger partial charge is 0.494 e. The van der Waals surface area contributed by atoms with Crippen molar-refractivity contribution in [3.63, 3.8) is 0 Å². The van der Waals surface area contributed by atoms with Crippen LogP contribution in [-0.4, -0.2) is 12.5 Å². The zero-order valence-electron chi connectivity index (χ0n) is 14.5. The highest BCUT2D eigenvalue weighted by Gasteiger charge is 2.09. The summed E-state index contributed by atoms with van der Waals surface area (Å²) in [5, 5.41) is 11.9. The second kappa shape index (κ2) is 9.33. The first kappa shape index (κ1) is 18.3. The molecule has 2 rings (SSSR count). The van der Waals surface area contributed by atoms with Crippen molar-refractivity contribution in [3.05, 3.63) is 59.6 Å². The third kappa shape index (κ3) is 6.19.